The van der Waals surface area contributed by atoms with E-state index in [1.807, 2.05) is 48.5 Å². The Morgan fingerprint density at radius 1 is 0.846 bits per heavy atom. The van der Waals surface area contributed by atoms with Crippen LogP contribution >= 0.6 is 0 Å². The van der Waals surface area contributed by atoms with Crippen molar-refractivity contribution in [2.24, 2.45) is 0 Å². The topological polar surface area (TPSA) is 111 Å². The first kappa shape index (κ1) is 28.1. The van der Waals surface area contributed by atoms with Crippen LogP contribution in [-0.2, 0) is 30.9 Å². The maximum atomic E-state index is 13.4. The van der Waals surface area contributed by atoms with Crippen LogP contribution in [0.4, 0.5) is 4.79 Å². The molecule has 0 aliphatic carbocycles. The molecule has 4 rings (SSSR count). The molecular weight excluding hydrogens is 520 g/mol. The minimum atomic E-state index is -4.00. The largest absolute Gasteiger partial charge is 0.466 e. The predicted molar refractivity (Wildman–Crippen MR) is 145 cm³/mol. The fourth-order valence-electron chi connectivity index (χ4n) is 4.39. The summed E-state index contributed by atoms with van der Waals surface area (Å²) in [7, 11) is -4.00. The Bertz CT molecular complexity index is 1340. The molecule has 3 aromatic carbocycles. The zero-order chi connectivity index (χ0) is 27.7. The summed E-state index contributed by atoms with van der Waals surface area (Å²) in [5.74, 6) is 0.615. The van der Waals surface area contributed by atoms with Gasteiger partial charge < -0.3 is 19.1 Å². The minimum absolute atomic E-state index is 0.0378. The summed E-state index contributed by atoms with van der Waals surface area (Å²) in [6.45, 7) is 2.46. The lowest BCUT2D eigenvalue weighted by atomic mass is 9.85. The molecule has 1 fully saturated rings. The number of carbonyl (C=O) groups excluding carboxylic acids is 2. The van der Waals surface area contributed by atoms with Gasteiger partial charge in [-0.2, -0.15) is 0 Å². The van der Waals surface area contributed by atoms with Gasteiger partial charge in [0, 0.05) is 18.6 Å². The van der Waals surface area contributed by atoms with Gasteiger partial charge in [-0.15, -0.1) is 0 Å². The molecule has 0 radical (unpaired) electrons. The van der Waals surface area contributed by atoms with Crippen molar-refractivity contribution in [3.05, 3.63) is 90.5 Å². The SMILES string of the molecule is CCOC(=O)CC1(NS(=O)(=O)c2ccc(Oc3ccccc3)cc2)CCN(C(=O)OCc2ccccc2)CC1. The maximum absolute atomic E-state index is 13.4. The molecule has 1 amide bonds. The Balaban J connectivity index is 1.43. The van der Waals surface area contributed by atoms with Crippen LogP contribution in [0.3, 0.4) is 0 Å². The van der Waals surface area contributed by atoms with Crippen LogP contribution in [-0.4, -0.2) is 50.6 Å². The minimum Gasteiger partial charge on any atom is -0.466 e. The lowest BCUT2D eigenvalue weighted by molar-refractivity contribution is -0.145. The van der Waals surface area contributed by atoms with E-state index >= 15 is 0 Å². The summed E-state index contributed by atoms with van der Waals surface area (Å²) >= 11 is 0. The van der Waals surface area contributed by atoms with Gasteiger partial charge >= 0.3 is 12.1 Å². The molecule has 0 saturated carbocycles. The van der Waals surface area contributed by atoms with E-state index < -0.39 is 27.6 Å². The summed E-state index contributed by atoms with van der Waals surface area (Å²) in [6.07, 6.45) is -0.191. The Kier molecular flexibility index (Phi) is 9.21. The molecule has 0 atom stereocenters. The number of nitrogens with one attached hydrogen (secondary N) is 1. The lowest BCUT2D eigenvalue weighted by Gasteiger charge is -2.41. The first-order valence-corrected chi connectivity index (χ1v) is 14.3. The first-order chi connectivity index (χ1) is 18.8. The molecule has 1 aliphatic rings. The Labute approximate surface area is 228 Å². The van der Waals surface area contributed by atoms with Gasteiger partial charge in [-0.25, -0.2) is 17.9 Å². The molecule has 1 saturated heterocycles. The molecule has 0 spiro atoms. The summed E-state index contributed by atoms with van der Waals surface area (Å²) in [5, 5.41) is 0. The van der Waals surface area contributed by atoms with Gasteiger partial charge in [0.05, 0.1) is 17.9 Å². The van der Waals surface area contributed by atoms with Gasteiger partial charge in [-0.3, -0.25) is 4.79 Å². The van der Waals surface area contributed by atoms with E-state index in [1.54, 1.807) is 31.2 Å². The van der Waals surface area contributed by atoms with Crippen LogP contribution in [0.15, 0.2) is 89.8 Å². The van der Waals surface area contributed by atoms with Crippen LogP contribution in [0, 0.1) is 0 Å². The summed E-state index contributed by atoms with van der Waals surface area (Å²) < 4.78 is 45.8. The normalized spacial score (nSPS) is 14.8. The number of hydrogen-bond donors (Lipinski definition) is 1. The number of nitrogens with zero attached hydrogens (tertiary/aromatic N) is 1. The number of para-hydroxylation sites is 1. The van der Waals surface area contributed by atoms with Gasteiger partial charge in [0.15, 0.2) is 0 Å². The molecule has 39 heavy (non-hydrogen) atoms. The molecular formula is C29H32N2O7S. The third-order valence-corrected chi connectivity index (χ3v) is 8.03. The number of sulfonamides is 1. The average molecular weight is 553 g/mol. The van der Waals surface area contributed by atoms with Crippen molar-refractivity contribution < 1.29 is 32.2 Å². The number of hydrogen-bond acceptors (Lipinski definition) is 7. The van der Waals surface area contributed by atoms with Gasteiger partial charge in [0.2, 0.25) is 10.0 Å². The van der Waals surface area contributed by atoms with Crippen molar-refractivity contribution in [3.63, 3.8) is 0 Å². The Morgan fingerprint density at radius 2 is 1.44 bits per heavy atom. The van der Waals surface area contributed by atoms with Crippen LogP contribution in [0.5, 0.6) is 11.5 Å². The highest BCUT2D eigenvalue weighted by Crippen LogP contribution is 2.30. The Hall–Kier alpha value is -3.89. The van der Waals surface area contributed by atoms with Crippen LogP contribution in [0.1, 0.15) is 31.7 Å². The number of rotatable bonds is 10. The van der Waals surface area contributed by atoms with E-state index in [9.17, 15) is 18.0 Å². The molecule has 9 nitrogen and oxygen atoms in total. The molecule has 3 aromatic rings. The second-order valence-corrected chi connectivity index (χ2v) is 11.0. The fraction of sp³-hybridized carbons (Fsp3) is 0.310. The first-order valence-electron chi connectivity index (χ1n) is 12.8. The summed E-state index contributed by atoms with van der Waals surface area (Å²) in [5.41, 5.74) is -0.243. The molecule has 10 heteroatoms. The van der Waals surface area contributed by atoms with Crippen molar-refractivity contribution in [1.82, 2.24) is 9.62 Å². The van der Waals surface area contributed by atoms with Crippen LogP contribution < -0.4 is 9.46 Å². The van der Waals surface area contributed by atoms with E-state index in [2.05, 4.69) is 4.72 Å². The maximum Gasteiger partial charge on any atom is 0.410 e. The van der Waals surface area contributed by atoms with Crippen molar-refractivity contribution in [2.75, 3.05) is 19.7 Å². The Morgan fingerprint density at radius 3 is 2.05 bits per heavy atom. The van der Waals surface area contributed by atoms with Crippen molar-refractivity contribution >= 4 is 22.1 Å². The molecule has 0 aromatic heterocycles. The predicted octanol–water partition coefficient (Wildman–Crippen LogP) is 4.88. The average Bonchev–Trinajstić information content (AvgIpc) is 2.93. The zero-order valence-corrected chi connectivity index (χ0v) is 22.6. The molecule has 0 bridgehead atoms. The number of carbonyl (C=O) groups is 2. The van der Waals surface area contributed by atoms with Crippen molar-refractivity contribution in [3.8, 4) is 11.5 Å². The molecule has 1 aliphatic heterocycles. The molecule has 1 N–H and O–H groups in total. The number of amides is 1. The summed E-state index contributed by atoms with van der Waals surface area (Å²) in [6, 6.07) is 24.6. The van der Waals surface area contributed by atoms with Crippen molar-refractivity contribution in [2.45, 2.75) is 43.2 Å². The second kappa shape index (κ2) is 12.8. The van der Waals surface area contributed by atoms with Gasteiger partial charge in [-0.05, 0) is 61.7 Å². The fourth-order valence-corrected chi connectivity index (χ4v) is 5.85. The van der Waals surface area contributed by atoms with Gasteiger partial charge in [-0.1, -0.05) is 48.5 Å². The summed E-state index contributed by atoms with van der Waals surface area (Å²) in [4.78, 5) is 26.7. The third-order valence-electron chi connectivity index (χ3n) is 6.44. The number of piperidine rings is 1. The number of ether oxygens (including phenoxy) is 3. The molecule has 206 valence electrons. The van der Waals surface area contributed by atoms with Crippen molar-refractivity contribution in [1.29, 1.82) is 0 Å². The lowest BCUT2D eigenvalue weighted by Crippen LogP contribution is -2.57. The van der Waals surface area contributed by atoms with E-state index in [-0.39, 0.29) is 50.5 Å². The standard InChI is InChI=1S/C29H32N2O7S/c1-2-36-27(32)21-29(17-19-31(20-18-29)28(33)37-22-23-9-5-3-6-10-23)30-39(34,35)26-15-13-25(14-16-26)38-24-11-7-4-8-12-24/h3-16,30H,2,17-22H2,1H3. The monoisotopic (exact) mass is 552 g/mol. The smallest absolute Gasteiger partial charge is 0.410 e. The highest BCUT2D eigenvalue weighted by atomic mass is 32.2. The van der Waals surface area contributed by atoms with Crippen LogP contribution in [0.2, 0.25) is 0 Å². The molecule has 0 unspecified atom stereocenters. The highest BCUT2D eigenvalue weighted by Gasteiger charge is 2.42. The highest BCUT2D eigenvalue weighted by molar-refractivity contribution is 7.89. The second-order valence-electron chi connectivity index (χ2n) is 9.28. The number of likely N-dealkylation sites (tertiary alicyclic amines) is 1. The van der Waals surface area contributed by atoms with E-state index in [1.165, 1.54) is 17.0 Å². The van der Waals surface area contributed by atoms with E-state index in [4.69, 9.17) is 14.2 Å². The van der Waals surface area contributed by atoms with Crippen LogP contribution in [0.25, 0.3) is 0 Å². The number of esters is 1. The van der Waals surface area contributed by atoms with Gasteiger partial charge in [0.1, 0.15) is 18.1 Å². The third kappa shape index (κ3) is 7.81. The molecule has 1 heterocycles. The van der Waals surface area contributed by atoms with E-state index in [0.717, 1.165) is 5.56 Å². The number of benzene rings is 3. The van der Waals surface area contributed by atoms with Gasteiger partial charge in [0.25, 0.3) is 0 Å². The zero-order valence-electron chi connectivity index (χ0n) is 21.7. The van der Waals surface area contributed by atoms with E-state index in [0.29, 0.717) is 11.5 Å². The quantitative estimate of drug-likeness (QED) is 0.357.